The van der Waals surface area contributed by atoms with Crippen molar-refractivity contribution in [3.8, 4) is 11.5 Å². The summed E-state index contributed by atoms with van der Waals surface area (Å²) in [6.07, 6.45) is 17.7. The number of unbranched alkanes of at least 4 members (excludes halogenated alkanes) is 2. The molecule has 1 aromatic rings. The molecular weight excluding hydrogens is 382 g/mol. The average molecular weight is 421 g/mol. The number of benzene rings is 1. The van der Waals surface area contributed by atoms with Gasteiger partial charge in [-0.25, -0.2) is 0 Å². The molecule has 0 spiro atoms. The fourth-order valence-corrected chi connectivity index (χ4v) is 5.07. The highest BCUT2D eigenvalue weighted by atomic mass is 19.2. The number of rotatable bonds is 10. The first kappa shape index (κ1) is 23.1. The zero-order valence-corrected chi connectivity index (χ0v) is 18.7. The second kappa shape index (κ2) is 11.7. The van der Waals surface area contributed by atoms with Crippen molar-refractivity contribution in [2.45, 2.75) is 78.1 Å². The van der Waals surface area contributed by atoms with Gasteiger partial charge in [-0.05, 0) is 87.7 Å². The van der Waals surface area contributed by atoms with E-state index in [0.29, 0.717) is 19.1 Å². The van der Waals surface area contributed by atoms with E-state index >= 15 is 0 Å². The van der Waals surface area contributed by atoms with E-state index in [-0.39, 0.29) is 11.5 Å². The van der Waals surface area contributed by atoms with E-state index in [0.717, 1.165) is 30.6 Å². The topological polar surface area (TPSA) is 18.5 Å². The van der Waals surface area contributed by atoms with E-state index < -0.39 is 11.6 Å². The highest BCUT2D eigenvalue weighted by Gasteiger charge is 2.29. The Morgan fingerprint density at radius 2 is 1.53 bits per heavy atom. The van der Waals surface area contributed by atoms with Gasteiger partial charge < -0.3 is 9.47 Å². The van der Waals surface area contributed by atoms with Crippen molar-refractivity contribution in [3.63, 3.8) is 0 Å². The minimum absolute atomic E-state index is 0.0117. The number of allylic oxidation sites excluding steroid dienone is 2. The number of hydrogen-bond acceptors (Lipinski definition) is 2. The van der Waals surface area contributed by atoms with Gasteiger partial charge in [-0.1, -0.05) is 38.3 Å². The molecule has 3 rings (SSSR count). The molecule has 30 heavy (non-hydrogen) atoms. The van der Waals surface area contributed by atoms with Crippen LogP contribution in [0.15, 0.2) is 24.3 Å². The molecule has 0 amide bonds. The van der Waals surface area contributed by atoms with E-state index in [9.17, 15) is 8.78 Å². The molecule has 2 nitrogen and oxygen atoms in total. The lowest BCUT2D eigenvalue weighted by Gasteiger charge is -2.35. The van der Waals surface area contributed by atoms with Gasteiger partial charge >= 0.3 is 0 Å². The standard InChI is InChI=1S/C26H38F2O2/c1-3-5-6-7-19-8-12-21(13-9-19)22-14-10-20(11-15-22)18-30-24-17-16-23(29-4-2)25(27)26(24)28/h8,12,16-17,19-22H,3-7,9-11,13-15,18H2,1-2H3. The van der Waals surface area contributed by atoms with Gasteiger partial charge in [-0.15, -0.1) is 0 Å². The lowest BCUT2D eigenvalue weighted by molar-refractivity contribution is 0.154. The van der Waals surface area contributed by atoms with Crippen LogP contribution in [0.25, 0.3) is 0 Å². The fourth-order valence-electron chi connectivity index (χ4n) is 5.07. The van der Waals surface area contributed by atoms with Crippen LogP contribution in [0.2, 0.25) is 0 Å². The molecule has 0 aliphatic heterocycles. The molecule has 2 aliphatic carbocycles. The predicted molar refractivity (Wildman–Crippen MR) is 118 cm³/mol. The summed E-state index contributed by atoms with van der Waals surface area (Å²) >= 11 is 0. The molecule has 1 fully saturated rings. The molecule has 0 bridgehead atoms. The van der Waals surface area contributed by atoms with Crippen molar-refractivity contribution >= 4 is 0 Å². The average Bonchev–Trinajstić information content (AvgIpc) is 2.78. The zero-order chi connectivity index (χ0) is 21.3. The molecule has 1 aromatic carbocycles. The number of hydrogen-bond donors (Lipinski definition) is 0. The van der Waals surface area contributed by atoms with E-state index in [1.807, 2.05) is 0 Å². The molecule has 0 N–H and O–H groups in total. The van der Waals surface area contributed by atoms with Crippen LogP contribution in [-0.4, -0.2) is 13.2 Å². The Kier molecular flexibility index (Phi) is 9.02. The lowest BCUT2D eigenvalue weighted by atomic mass is 9.71. The lowest BCUT2D eigenvalue weighted by Crippen LogP contribution is -2.25. The highest BCUT2D eigenvalue weighted by Crippen LogP contribution is 2.39. The van der Waals surface area contributed by atoms with Crippen LogP contribution in [0, 0.1) is 35.3 Å². The van der Waals surface area contributed by atoms with Crippen molar-refractivity contribution in [3.05, 3.63) is 35.9 Å². The summed E-state index contributed by atoms with van der Waals surface area (Å²) in [4.78, 5) is 0. The Hall–Kier alpha value is -1.58. The molecule has 0 radical (unpaired) electrons. The third kappa shape index (κ3) is 6.21. The molecule has 2 unspecified atom stereocenters. The van der Waals surface area contributed by atoms with Crippen molar-refractivity contribution in [2.24, 2.45) is 23.7 Å². The second-order valence-corrected chi connectivity index (χ2v) is 9.10. The quantitative estimate of drug-likeness (QED) is 0.285. The van der Waals surface area contributed by atoms with Gasteiger partial charge in [0.1, 0.15) is 0 Å². The van der Waals surface area contributed by atoms with Crippen molar-refractivity contribution < 1.29 is 18.3 Å². The predicted octanol–water partition coefficient (Wildman–Crippen LogP) is 7.71. The highest BCUT2D eigenvalue weighted by molar-refractivity contribution is 5.35. The van der Waals surface area contributed by atoms with Crippen LogP contribution in [0.4, 0.5) is 8.78 Å². The van der Waals surface area contributed by atoms with Gasteiger partial charge in [0, 0.05) is 0 Å². The third-order valence-electron chi connectivity index (χ3n) is 6.96. The maximum Gasteiger partial charge on any atom is 0.204 e. The molecule has 0 saturated heterocycles. The van der Waals surface area contributed by atoms with Crippen molar-refractivity contribution in [1.82, 2.24) is 0 Å². The SMILES string of the molecule is CCCCCC1C=CC(C2CCC(COc3ccc(OCC)c(F)c3F)CC2)CC1. The minimum atomic E-state index is -0.963. The molecule has 1 saturated carbocycles. The summed E-state index contributed by atoms with van der Waals surface area (Å²) in [5, 5.41) is 0. The summed E-state index contributed by atoms with van der Waals surface area (Å²) in [6.45, 7) is 4.76. The normalized spacial score (nSPS) is 26.5. The first-order valence-corrected chi connectivity index (χ1v) is 12.0. The molecule has 2 atom stereocenters. The third-order valence-corrected chi connectivity index (χ3v) is 6.96. The van der Waals surface area contributed by atoms with Gasteiger partial charge in [0.15, 0.2) is 11.5 Å². The van der Waals surface area contributed by atoms with Gasteiger partial charge in [-0.3, -0.25) is 0 Å². The Bertz CT molecular complexity index is 680. The summed E-state index contributed by atoms with van der Waals surface area (Å²) < 4.78 is 38.9. The first-order chi connectivity index (χ1) is 14.6. The molecule has 168 valence electrons. The first-order valence-electron chi connectivity index (χ1n) is 12.0. The van der Waals surface area contributed by atoms with Crippen LogP contribution in [0.3, 0.4) is 0 Å². The fraction of sp³-hybridized carbons (Fsp3) is 0.692. The summed E-state index contributed by atoms with van der Waals surface area (Å²) in [7, 11) is 0. The zero-order valence-electron chi connectivity index (χ0n) is 18.7. The summed E-state index contributed by atoms with van der Waals surface area (Å²) in [5.74, 6) is 0.733. The summed E-state index contributed by atoms with van der Waals surface area (Å²) in [5.41, 5.74) is 0. The van der Waals surface area contributed by atoms with Crippen LogP contribution >= 0.6 is 0 Å². The largest absolute Gasteiger partial charge is 0.491 e. The van der Waals surface area contributed by atoms with Gasteiger partial charge in [0.25, 0.3) is 0 Å². The van der Waals surface area contributed by atoms with Crippen molar-refractivity contribution in [1.29, 1.82) is 0 Å². The Labute approximate surface area is 181 Å². The maximum atomic E-state index is 14.2. The van der Waals surface area contributed by atoms with Gasteiger partial charge in [0.2, 0.25) is 11.6 Å². The Morgan fingerprint density at radius 3 is 2.13 bits per heavy atom. The molecule has 4 heteroatoms. The minimum Gasteiger partial charge on any atom is -0.491 e. The van der Waals surface area contributed by atoms with E-state index in [4.69, 9.17) is 9.47 Å². The van der Waals surface area contributed by atoms with Crippen LogP contribution < -0.4 is 9.47 Å². The monoisotopic (exact) mass is 420 g/mol. The second-order valence-electron chi connectivity index (χ2n) is 9.10. The van der Waals surface area contributed by atoms with E-state index in [1.165, 1.54) is 63.5 Å². The Morgan fingerprint density at radius 1 is 0.833 bits per heavy atom. The van der Waals surface area contributed by atoms with Gasteiger partial charge in [-0.2, -0.15) is 8.78 Å². The number of halogens is 2. The molecule has 2 aliphatic rings. The summed E-state index contributed by atoms with van der Waals surface area (Å²) in [6, 6.07) is 2.91. The van der Waals surface area contributed by atoms with E-state index in [1.54, 1.807) is 6.92 Å². The van der Waals surface area contributed by atoms with Crippen LogP contribution in [0.5, 0.6) is 11.5 Å². The Balaban J connectivity index is 1.41. The van der Waals surface area contributed by atoms with Crippen LogP contribution in [0.1, 0.15) is 78.1 Å². The molecule has 0 aromatic heterocycles. The van der Waals surface area contributed by atoms with E-state index in [2.05, 4.69) is 19.1 Å². The maximum absolute atomic E-state index is 14.2. The number of ether oxygens (including phenoxy) is 2. The van der Waals surface area contributed by atoms with Crippen LogP contribution in [-0.2, 0) is 0 Å². The van der Waals surface area contributed by atoms with Gasteiger partial charge in [0.05, 0.1) is 13.2 Å². The smallest absolute Gasteiger partial charge is 0.204 e. The molecule has 0 heterocycles. The molecular formula is C26H38F2O2. The van der Waals surface area contributed by atoms with Crippen molar-refractivity contribution in [2.75, 3.05) is 13.2 Å².